The minimum absolute atomic E-state index is 0.773. The lowest BCUT2D eigenvalue weighted by Gasteiger charge is -1.94. The van der Waals surface area contributed by atoms with Gasteiger partial charge in [-0.1, -0.05) is 13.8 Å². The number of rotatable bonds is 0. The zero-order valence-electron chi connectivity index (χ0n) is 9.02. The van der Waals surface area contributed by atoms with Crippen LogP contribution in [0.15, 0.2) is 18.7 Å². The molecule has 0 saturated heterocycles. The standard InChI is InChI=1S/C8H7N5.C2H6/c1-5-2-9-8-7(5)13-4-11-12-6(13)3-10-8;1-2/h2-4,9H,1H3;1-2H3. The number of nitrogens with zero attached hydrogens (tertiary/aromatic N) is 4. The minimum Gasteiger partial charge on any atom is -0.345 e. The van der Waals surface area contributed by atoms with Gasteiger partial charge >= 0.3 is 0 Å². The maximum atomic E-state index is 4.22. The summed E-state index contributed by atoms with van der Waals surface area (Å²) in [5.41, 5.74) is 3.83. The molecule has 0 aromatic carbocycles. The van der Waals surface area contributed by atoms with Crippen LogP contribution in [-0.2, 0) is 0 Å². The molecule has 0 aliphatic heterocycles. The summed E-state index contributed by atoms with van der Waals surface area (Å²) in [5.74, 6) is 0. The number of aryl methyl sites for hydroxylation is 1. The maximum absolute atomic E-state index is 4.22. The predicted molar refractivity (Wildman–Crippen MR) is 58.7 cm³/mol. The molecule has 3 aromatic rings. The van der Waals surface area contributed by atoms with Crippen LogP contribution in [0.2, 0.25) is 0 Å². The smallest absolute Gasteiger partial charge is 0.179 e. The van der Waals surface area contributed by atoms with Gasteiger partial charge in [0, 0.05) is 6.20 Å². The van der Waals surface area contributed by atoms with Gasteiger partial charge in [0.15, 0.2) is 11.3 Å². The van der Waals surface area contributed by atoms with Crippen molar-refractivity contribution < 1.29 is 0 Å². The Morgan fingerprint density at radius 3 is 2.93 bits per heavy atom. The first-order chi connectivity index (χ1) is 7.36. The van der Waals surface area contributed by atoms with Gasteiger partial charge in [-0.25, -0.2) is 4.98 Å². The van der Waals surface area contributed by atoms with E-state index in [4.69, 9.17) is 0 Å². The molecule has 0 bridgehead atoms. The van der Waals surface area contributed by atoms with Crippen molar-refractivity contribution in [3.05, 3.63) is 24.3 Å². The van der Waals surface area contributed by atoms with Gasteiger partial charge in [0.25, 0.3) is 0 Å². The van der Waals surface area contributed by atoms with E-state index in [0.717, 1.165) is 22.4 Å². The van der Waals surface area contributed by atoms with Crippen LogP contribution in [0.5, 0.6) is 0 Å². The molecule has 3 heterocycles. The Morgan fingerprint density at radius 2 is 2.13 bits per heavy atom. The molecule has 0 fully saturated rings. The summed E-state index contributed by atoms with van der Waals surface area (Å²) in [4.78, 5) is 7.31. The molecule has 0 aliphatic carbocycles. The average Bonchev–Trinajstić information content (AvgIpc) is 2.87. The monoisotopic (exact) mass is 203 g/mol. The Labute approximate surface area is 87.2 Å². The first kappa shape index (κ1) is 9.64. The summed E-state index contributed by atoms with van der Waals surface area (Å²) in [5, 5.41) is 7.76. The number of fused-ring (bicyclic) bond motifs is 3. The van der Waals surface area contributed by atoms with Crippen molar-refractivity contribution in [1.82, 2.24) is 24.6 Å². The average molecular weight is 203 g/mol. The molecule has 0 atom stereocenters. The summed E-state index contributed by atoms with van der Waals surface area (Å²) in [7, 11) is 0. The van der Waals surface area contributed by atoms with Crippen molar-refractivity contribution in [2.24, 2.45) is 0 Å². The Kier molecular flexibility index (Phi) is 2.37. The van der Waals surface area contributed by atoms with E-state index in [1.807, 2.05) is 31.4 Å². The maximum Gasteiger partial charge on any atom is 0.179 e. The van der Waals surface area contributed by atoms with Crippen LogP contribution >= 0.6 is 0 Å². The van der Waals surface area contributed by atoms with Crippen LogP contribution in [0.3, 0.4) is 0 Å². The lowest BCUT2D eigenvalue weighted by atomic mass is 10.3. The molecule has 15 heavy (non-hydrogen) atoms. The second kappa shape index (κ2) is 3.68. The number of aromatic amines is 1. The third-order valence-corrected chi connectivity index (χ3v) is 2.15. The van der Waals surface area contributed by atoms with Crippen LogP contribution in [0, 0.1) is 6.92 Å². The Bertz CT molecular complexity index is 578. The number of H-pyrrole nitrogens is 1. The molecule has 1 N–H and O–H groups in total. The Balaban J connectivity index is 0.000000404. The quantitative estimate of drug-likeness (QED) is 0.607. The van der Waals surface area contributed by atoms with Gasteiger partial charge in [0.05, 0.1) is 11.7 Å². The molecule has 0 unspecified atom stereocenters. The summed E-state index contributed by atoms with van der Waals surface area (Å²) in [6, 6.07) is 0. The minimum atomic E-state index is 0.773. The van der Waals surface area contributed by atoms with Crippen LogP contribution in [0.4, 0.5) is 0 Å². The molecule has 0 spiro atoms. The number of hydrogen-bond acceptors (Lipinski definition) is 3. The van der Waals surface area contributed by atoms with E-state index in [1.54, 1.807) is 12.5 Å². The van der Waals surface area contributed by atoms with Crippen molar-refractivity contribution in [1.29, 1.82) is 0 Å². The molecule has 5 nitrogen and oxygen atoms in total. The Hall–Kier alpha value is -1.91. The van der Waals surface area contributed by atoms with Crippen molar-refractivity contribution in [2.75, 3.05) is 0 Å². The first-order valence-electron chi connectivity index (χ1n) is 4.99. The van der Waals surface area contributed by atoms with Gasteiger partial charge in [-0.3, -0.25) is 4.40 Å². The molecule has 0 saturated carbocycles. The number of nitrogens with one attached hydrogen (secondary N) is 1. The Morgan fingerprint density at radius 1 is 1.33 bits per heavy atom. The zero-order chi connectivity index (χ0) is 10.8. The van der Waals surface area contributed by atoms with Gasteiger partial charge in [-0.2, -0.15) is 0 Å². The van der Waals surface area contributed by atoms with Gasteiger partial charge < -0.3 is 4.98 Å². The van der Waals surface area contributed by atoms with Crippen molar-refractivity contribution in [3.8, 4) is 0 Å². The van der Waals surface area contributed by atoms with Crippen LogP contribution < -0.4 is 0 Å². The molecule has 0 aliphatic rings. The van der Waals surface area contributed by atoms with Crippen LogP contribution in [-0.4, -0.2) is 24.6 Å². The molecule has 5 heteroatoms. The lowest BCUT2D eigenvalue weighted by molar-refractivity contribution is 1.11. The van der Waals surface area contributed by atoms with E-state index < -0.39 is 0 Å². The van der Waals surface area contributed by atoms with Crippen molar-refractivity contribution in [3.63, 3.8) is 0 Å². The highest BCUT2D eigenvalue weighted by Crippen LogP contribution is 2.15. The molecule has 0 radical (unpaired) electrons. The topological polar surface area (TPSA) is 58.9 Å². The van der Waals surface area contributed by atoms with Crippen molar-refractivity contribution in [2.45, 2.75) is 20.8 Å². The van der Waals surface area contributed by atoms with E-state index in [1.165, 1.54) is 0 Å². The summed E-state index contributed by atoms with van der Waals surface area (Å²) < 4.78 is 1.92. The fraction of sp³-hybridized carbons (Fsp3) is 0.300. The van der Waals surface area contributed by atoms with Gasteiger partial charge in [-0.15, -0.1) is 10.2 Å². The summed E-state index contributed by atoms with van der Waals surface area (Å²) in [6.07, 6.45) is 5.32. The van der Waals surface area contributed by atoms with Crippen molar-refractivity contribution >= 4 is 16.8 Å². The molecule has 0 amide bonds. The summed E-state index contributed by atoms with van der Waals surface area (Å²) >= 11 is 0. The second-order valence-electron chi connectivity index (χ2n) is 2.99. The molecule has 3 aromatic heterocycles. The highest BCUT2D eigenvalue weighted by molar-refractivity contribution is 5.77. The molecule has 3 rings (SSSR count). The summed E-state index contributed by atoms with van der Waals surface area (Å²) in [6.45, 7) is 6.03. The van der Waals surface area contributed by atoms with Gasteiger partial charge in [0.1, 0.15) is 6.33 Å². The van der Waals surface area contributed by atoms with E-state index in [0.29, 0.717) is 0 Å². The fourth-order valence-corrected chi connectivity index (χ4v) is 1.53. The fourth-order valence-electron chi connectivity index (χ4n) is 1.53. The third-order valence-electron chi connectivity index (χ3n) is 2.15. The van der Waals surface area contributed by atoms with Crippen LogP contribution in [0.25, 0.3) is 16.8 Å². The largest absolute Gasteiger partial charge is 0.345 e. The number of aromatic nitrogens is 5. The predicted octanol–water partition coefficient (Wildman–Crippen LogP) is 1.94. The van der Waals surface area contributed by atoms with E-state index in [-0.39, 0.29) is 0 Å². The lowest BCUT2D eigenvalue weighted by Crippen LogP contribution is -1.88. The van der Waals surface area contributed by atoms with Gasteiger partial charge in [-0.05, 0) is 12.5 Å². The third kappa shape index (κ3) is 1.36. The van der Waals surface area contributed by atoms with Gasteiger partial charge in [0.2, 0.25) is 0 Å². The highest BCUT2D eigenvalue weighted by Gasteiger charge is 2.05. The molecule has 78 valence electrons. The molecular formula is C10H13N5. The SMILES string of the molecule is CC.Cc1c[nH]c2ncc3nncn3c12. The van der Waals surface area contributed by atoms with E-state index >= 15 is 0 Å². The second-order valence-corrected chi connectivity index (χ2v) is 2.99. The van der Waals surface area contributed by atoms with E-state index in [9.17, 15) is 0 Å². The highest BCUT2D eigenvalue weighted by atomic mass is 15.2. The first-order valence-corrected chi connectivity index (χ1v) is 4.99. The normalized spacial score (nSPS) is 10.3. The number of hydrogen-bond donors (Lipinski definition) is 1. The van der Waals surface area contributed by atoms with Crippen LogP contribution in [0.1, 0.15) is 19.4 Å². The van der Waals surface area contributed by atoms with E-state index in [2.05, 4.69) is 20.2 Å². The zero-order valence-corrected chi connectivity index (χ0v) is 9.02. The molecular weight excluding hydrogens is 190 g/mol.